The fourth-order valence-corrected chi connectivity index (χ4v) is 5.59. The summed E-state index contributed by atoms with van der Waals surface area (Å²) in [4.78, 5) is 22.0. The average molecular weight is 602 g/mol. The van der Waals surface area contributed by atoms with Crippen LogP contribution in [0.4, 0.5) is 19.0 Å². The first-order valence-electron chi connectivity index (χ1n) is 11.9. The Hall–Kier alpha value is -3.49. The lowest BCUT2D eigenvalue weighted by molar-refractivity contribution is -0.137. The molecule has 10 nitrogen and oxygen atoms in total. The summed E-state index contributed by atoms with van der Waals surface area (Å²) >= 11 is 5.79. The topological polar surface area (TPSA) is 135 Å². The molecule has 0 radical (unpaired) electrons. The van der Waals surface area contributed by atoms with Crippen LogP contribution in [0, 0.1) is 0 Å². The van der Waals surface area contributed by atoms with E-state index in [1.165, 1.54) is 43.0 Å². The van der Waals surface area contributed by atoms with Crippen molar-refractivity contribution in [3.63, 3.8) is 0 Å². The normalized spacial score (nSPS) is 19.3. The van der Waals surface area contributed by atoms with Crippen LogP contribution in [-0.4, -0.2) is 66.1 Å². The van der Waals surface area contributed by atoms with Gasteiger partial charge in [0.2, 0.25) is 5.88 Å². The molecule has 0 spiro atoms. The molecule has 2 heterocycles. The number of halogens is 4. The van der Waals surface area contributed by atoms with Gasteiger partial charge in [-0.15, -0.1) is 0 Å². The highest BCUT2D eigenvalue weighted by Crippen LogP contribution is 2.41. The Labute approximate surface area is 234 Å². The van der Waals surface area contributed by atoms with Gasteiger partial charge in [-0.3, -0.25) is 9.52 Å². The number of likely N-dealkylation sites (N-methyl/N-ethyl adjacent to an activating group) is 1. The van der Waals surface area contributed by atoms with Crippen molar-refractivity contribution in [2.45, 2.75) is 48.4 Å². The molecule has 3 atom stereocenters. The third-order valence-electron chi connectivity index (χ3n) is 6.30. The van der Waals surface area contributed by atoms with Gasteiger partial charge in [-0.05, 0) is 69.1 Å². The van der Waals surface area contributed by atoms with Gasteiger partial charge < -0.3 is 14.7 Å². The zero-order chi connectivity index (χ0) is 29.5. The van der Waals surface area contributed by atoms with E-state index >= 15 is 0 Å². The molecule has 0 aliphatic heterocycles. The number of benzene rings is 1. The Kier molecular flexibility index (Phi) is 10.3. The summed E-state index contributed by atoms with van der Waals surface area (Å²) in [5.74, 6) is 0.282. The smallest absolute Gasteiger partial charge is 0.417 e. The summed E-state index contributed by atoms with van der Waals surface area (Å²) < 4.78 is 73.7. The van der Waals surface area contributed by atoms with Crippen molar-refractivity contribution in [3.05, 3.63) is 71.3 Å². The fraction of sp³-hybridized carbons (Fsp3) is 0.360. The van der Waals surface area contributed by atoms with Crippen LogP contribution in [0.15, 0.2) is 60.0 Å². The average Bonchev–Trinajstić information content (AvgIpc) is 2.89. The Bertz CT molecular complexity index is 1380. The number of aromatic nitrogens is 3. The van der Waals surface area contributed by atoms with Crippen molar-refractivity contribution in [1.82, 2.24) is 19.9 Å². The summed E-state index contributed by atoms with van der Waals surface area (Å²) in [7, 11) is -0.132. The van der Waals surface area contributed by atoms with Crippen LogP contribution in [0.2, 0.25) is 5.02 Å². The zero-order valence-corrected chi connectivity index (χ0v) is 23.0. The number of carboxylic acid groups (broad SMARTS) is 1. The first kappa shape index (κ1) is 31.0. The van der Waals surface area contributed by atoms with E-state index in [1.54, 1.807) is 6.07 Å². The summed E-state index contributed by atoms with van der Waals surface area (Å²) in [6.07, 6.45) is 0.799. The number of nitrogens with zero attached hydrogens (tertiary/aromatic N) is 4. The number of nitrogens with one attached hydrogen (secondary N) is 1. The maximum Gasteiger partial charge on any atom is 0.417 e. The third-order valence-corrected chi connectivity index (χ3v) is 7.97. The minimum Gasteiger partial charge on any atom is -0.483 e. The number of carbonyl (C=O) groups is 1. The van der Waals surface area contributed by atoms with Crippen LogP contribution >= 0.6 is 11.6 Å². The minimum absolute atomic E-state index is 0.0606. The van der Waals surface area contributed by atoms with E-state index in [0.717, 1.165) is 6.07 Å². The molecule has 1 aromatic carbocycles. The molecule has 1 aliphatic rings. The van der Waals surface area contributed by atoms with Gasteiger partial charge in [-0.2, -0.15) is 13.2 Å². The van der Waals surface area contributed by atoms with Crippen LogP contribution < -0.4 is 9.46 Å². The third kappa shape index (κ3) is 8.02. The molecule has 0 saturated heterocycles. The molecule has 0 amide bonds. The first-order valence-corrected chi connectivity index (χ1v) is 13.7. The monoisotopic (exact) mass is 601 g/mol. The molecule has 40 heavy (non-hydrogen) atoms. The molecule has 216 valence electrons. The van der Waals surface area contributed by atoms with Crippen molar-refractivity contribution in [2.24, 2.45) is 0 Å². The number of anilines is 1. The lowest BCUT2D eigenvalue weighted by Crippen LogP contribution is -2.46. The molecule has 3 unspecified atom stereocenters. The van der Waals surface area contributed by atoms with Gasteiger partial charge >= 0.3 is 6.18 Å². The van der Waals surface area contributed by atoms with Crippen LogP contribution in [0.1, 0.15) is 36.3 Å². The molecular formula is C25H27ClF3N5O5S. The molecular weight excluding hydrogens is 575 g/mol. The van der Waals surface area contributed by atoms with E-state index in [9.17, 15) is 21.6 Å². The summed E-state index contributed by atoms with van der Waals surface area (Å²) in [6.45, 7) is -0.250. The minimum atomic E-state index is -4.52. The van der Waals surface area contributed by atoms with Crippen LogP contribution in [-0.2, 0) is 21.0 Å². The Balaban J connectivity index is 0.00000141. The van der Waals surface area contributed by atoms with Crippen molar-refractivity contribution >= 4 is 33.9 Å². The molecule has 15 heteroatoms. The van der Waals surface area contributed by atoms with E-state index in [2.05, 4.69) is 19.7 Å². The Morgan fingerprint density at radius 3 is 2.45 bits per heavy atom. The number of pyridine rings is 1. The predicted octanol–water partition coefficient (Wildman–Crippen LogP) is 4.69. The SMILES string of the molecule is CN(C)C1CC(c2ccc(Cl)c(C(F)(F)F)c2)CCC1Oc1ccc(S(=O)(=O)Nc2ccncn2)cn1.O=CO. The van der Waals surface area contributed by atoms with E-state index in [0.29, 0.717) is 24.8 Å². The number of ether oxygens (including phenoxy) is 1. The van der Waals surface area contributed by atoms with E-state index < -0.39 is 21.8 Å². The summed E-state index contributed by atoms with van der Waals surface area (Å²) in [5, 5.41) is 6.57. The van der Waals surface area contributed by atoms with Crippen molar-refractivity contribution in [3.8, 4) is 5.88 Å². The number of alkyl halides is 3. The van der Waals surface area contributed by atoms with Gasteiger partial charge in [-0.1, -0.05) is 17.7 Å². The summed E-state index contributed by atoms with van der Waals surface area (Å²) in [5.41, 5.74) is -0.245. The van der Waals surface area contributed by atoms with Crippen LogP contribution in [0.3, 0.4) is 0 Å². The largest absolute Gasteiger partial charge is 0.483 e. The summed E-state index contributed by atoms with van der Waals surface area (Å²) in [6, 6.07) is 8.26. The Morgan fingerprint density at radius 1 is 1.15 bits per heavy atom. The second-order valence-corrected chi connectivity index (χ2v) is 11.2. The quantitative estimate of drug-likeness (QED) is 0.370. The standard InChI is InChI=1S/C24H25ClF3N5O3S.CH2O2/c1-33(2)20-12-16(15-3-6-19(25)18(11-15)24(26,27)28)4-7-21(20)36-23-8-5-17(13-30-23)37(34,35)32-22-9-10-29-14-31-22;2-1-3/h3,5-6,8-11,13-14,16,20-21H,4,7,12H2,1-2H3,(H,29,31,32);1H,(H,2,3). The number of sulfonamides is 1. The lowest BCUT2D eigenvalue weighted by Gasteiger charge is -2.39. The van der Waals surface area contributed by atoms with Gasteiger partial charge in [0, 0.05) is 18.3 Å². The zero-order valence-electron chi connectivity index (χ0n) is 21.4. The number of hydrogen-bond donors (Lipinski definition) is 2. The highest BCUT2D eigenvalue weighted by Gasteiger charge is 2.37. The van der Waals surface area contributed by atoms with E-state index in [-0.39, 0.29) is 46.2 Å². The van der Waals surface area contributed by atoms with Gasteiger partial charge in [0.05, 0.1) is 16.8 Å². The second kappa shape index (κ2) is 13.2. The Morgan fingerprint density at radius 2 is 1.88 bits per heavy atom. The molecule has 3 aromatic rings. The van der Waals surface area contributed by atoms with Crippen molar-refractivity contribution < 1.29 is 36.2 Å². The van der Waals surface area contributed by atoms with E-state index in [1.807, 2.05) is 19.0 Å². The lowest BCUT2D eigenvalue weighted by atomic mass is 9.79. The molecule has 0 bridgehead atoms. The maximum absolute atomic E-state index is 13.3. The molecule has 2 N–H and O–H groups in total. The number of hydrogen-bond acceptors (Lipinski definition) is 8. The molecule has 1 aliphatic carbocycles. The second-order valence-electron chi connectivity index (χ2n) is 9.07. The number of rotatable bonds is 7. The highest BCUT2D eigenvalue weighted by atomic mass is 35.5. The van der Waals surface area contributed by atoms with Gasteiger partial charge in [0.15, 0.2) is 0 Å². The van der Waals surface area contributed by atoms with Crippen molar-refractivity contribution in [1.29, 1.82) is 0 Å². The fourth-order valence-electron chi connectivity index (χ4n) is 4.41. The van der Waals surface area contributed by atoms with Crippen molar-refractivity contribution in [2.75, 3.05) is 18.8 Å². The van der Waals surface area contributed by atoms with E-state index in [4.69, 9.17) is 26.2 Å². The van der Waals surface area contributed by atoms with Gasteiger partial charge in [0.25, 0.3) is 16.5 Å². The molecule has 4 rings (SSSR count). The molecule has 1 fully saturated rings. The van der Waals surface area contributed by atoms with Crippen LogP contribution in [0.25, 0.3) is 0 Å². The first-order chi connectivity index (χ1) is 18.9. The molecule has 1 saturated carbocycles. The predicted molar refractivity (Wildman–Crippen MR) is 141 cm³/mol. The van der Waals surface area contributed by atoms with Gasteiger partial charge in [-0.25, -0.2) is 23.4 Å². The van der Waals surface area contributed by atoms with Gasteiger partial charge in [0.1, 0.15) is 23.1 Å². The molecule has 2 aromatic heterocycles. The highest BCUT2D eigenvalue weighted by molar-refractivity contribution is 7.92. The van der Waals surface area contributed by atoms with Crippen LogP contribution in [0.5, 0.6) is 5.88 Å². The maximum atomic E-state index is 13.3.